The molecule has 2 unspecified atom stereocenters. The fourth-order valence-corrected chi connectivity index (χ4v) is 0.460. The summed E-state index contributed by atoms with van der Waals surface area (Å²) in [5, 5.41) is 17.1. The number of carboxylic acids is 1. The fourth-order valence-electron chi connectivity index (χ4n) is 0.460. The number of aliphatic hydroxyl groups excluding tert-OH is 1. The highest BCUT2D eigenvalue weighted by Gasteiger charge is 2.12. The second-order valence-corrected chi connectivity index (χ2v) is 2.55. The van der Waals surface area contributed by atoms with E-state index in [1.807, 2.05) is 0 Å². The number of carboxylic acid groups (broad SMARTS) is 1. The lowest BCUT2D eigenvalue weighted by Crippen LogP contribution is -2.25. The minimum Gasteiger partial charge on any atom is -0.478 e. The van der Waals surface area contributed by atoms with Crippen molar-refractivity contribution in [3.8, 4) is 0 Å². The third kappa shape index (κ3) is 5.86. The average Bonchev–Trinajstić information content (AvgIpc) is 2.00. The Bertz CT molecular complexity index is 219. The van der Waals surface area contributed by atoms with E-state index in [1.165, 1.54) is 13.8 Å². The number of esters is 1. The van der Waals surface area contributed by atoms with E-state index in [0.717, 1.165) is 6.08 Å². The average molecular weight is 188 g/mol. The lowest BCUT2D eigenvalue weighted by atomic mass is 10.2. The molecule has 0 saturated heterocycles. The van der Waals surface area contributed by atoms with Gasteiger partial charge in [0.2, 0.25) is 0 Å². The largest absolute Gasteiger partial charge is 0.478 e. The van der Waals surface area contributed by atoms with E-state index in [-0.39, 0.29) is 0 Å². The predicted octanol–water partition coefficient (Wildman–Crippen LogP) is -0.0603. The van der Waals surface area contributed by atoms with Gasteiger partial charge < -0.3 is 14.9 Å². The topological polar surface area (TPSA) is 83.8 Å². The van der Waals surface area contributed by atoms with Crippen LogP contribution in [0.4, 0.5) is 0 Å². The van der Waals surface area contributed by atoms with Crippen LogP contribution in [0.3, 0.4) is 0 Å². The van der Waals surface area contributed by atoms with Gasteiger partial charge in [-0.3, -0.25) is 0 Å². The van der Waals surface area contributed by atoms with Gasteiger partial charge in [0.1, 0.15) is 6.10 Å². The Morgan fingerprint density at radius 2 is 1.85 bits per heavy atom. The molecule has 0 spiro atoms. The predicted molar refractivity (Wildman–Crippen MR) is 44.0 cm³/mol. The number of aliphatic carboxylic acids is 1. The van der Waals surface area contributed by atoms with Crippen LogP contribution in [0.1, 0.15) is 13.8 Å². The maximum Gasteiger partial charge on any atom is 0.331 e. The molecule has 0 aromatic carbocycles. The van der Waals surface area contributed by atoms with Gasteiger partial charge in [0, 0.05) is 12.2 Å². The number of carbonyl (C=O) groups excluding carboxylic acids is 1. The van der Waals surface area contributed by atoms with Gasteiger partial charge in [-0.15, -0.1) is 0 Å². The molecule has 0 amide bonds. The smallest absolute Gasteiger partial charge is 0.331 e. The molecule has 0 rings (SSSR count). The third-order valence-corrected chi connectivity index (χ3v) is 1.34. The van der Waals surface area contributed by atoms with E-state index in [2.05, 4.69) is 4.74 Å². The normalized spacial score (nSPS) is 15.3. The van der Waals surface area contributed by atoms with E-state index >= 15 is 0 Å². The lowest BCUT2D eigenvalue weighted by molar-refractivity contribution is -0.147. The summed E-state index contributed by atoms with van der Waals surface area (Å²) in [6.45, 7) is 2.98. The van der Waals surface area contributed by atoms with Gasteiger partial charge in [-0.2, -0.15) is 0 Å². The van der Waals surface area contributed by atoms with Gasteiger partial charge in [0.15, 0.2) is 0 Å². The molecule has 0 fully saturated rings. The van der Waals surface area contributed by atoms with Crippen LogP contribution in [0.5, 0.6) is 0 Å². The fraction of sp³-hybridized carbons (Fsp3) is 0.500. The Balaban J connectivity index is 3.95. The molecule has 2 N–H and O–H groups in total. The van der Waals surface area contributed by atoms with Crippen LogP contribution in [0.25, 0.3) is 0 Å². The van der Waals surface area contributed by atoms with Crippen molar-refractivity contribution in [2.45, 2.75) is 26.1 Å². The number of hydrogen-bond acceptors (Lipinski definition) is 4. The van der Waals surface area contributed by atoms with Gasteiger partial charge in [0.25, 0.3) is 0 Å². The summed E-state index contributed by atoms with van der Waals surface area (Å²) in [6.07, 6.45) is 0.0475. The molecular weight excluding hydrogens is 176 g/mol. The van der Waals surface area contributed by atoms with Gasteiger partial charge in [-0.1, -0.05) is 0 Å². The summed E-state index contributed by atoms with van der Waals surface area (Å²) >= 11 is 0. The zero-order chi connectivity index (χ0) is 10.4. The van der Waals surface area contributed by atoms with E-state index in [9.17, 15) is 9.59 Å². The second kappa shape index (κ2) is 5.31. The number of hydrogen-bond donors (Lipinski definition) is 2. The van der Waals surface area contributed by atoms with Crippen molar-refractivity contribution in [1.29, 1.82) is 0 Å². The first-order chi connectivity index (χ1) is 5.93. The van der Waals surface area contributed by atoms with Crippen molar-refractivity contribution in [3.05, 3.63) is 12.2 Å². The van der Waals surface area contributed by atoms with Crippen molar-refractivity contribution in [1.82, 2.24) is 0 Å². The van der Waals surface area contributed by atoms with Crippen LogP contribution in [-0.4, -0.2) is 34.4 Å². The molecule has 0 heterocycles. The lowest BCUT2D eigenvalue weighted by Gasteiger charge is -2.13. The minimum atomic E-state index is -1.22. The molecule has 0 aromatic heterocycles. The SMILES string of the molecule is CC(O)C(C)OC(=O)C=CC(=O)O. The highest BCUT2D eigenvalue weighted by atomic mass is 16.6. The maximum atomic E-state index is 10.8. The van der Waals surface area contributed by atoms with Gasteiger partial charge in [-0.05, 0) is 13.8 Å². The first-order valence-electron chi connectivity index (χ1n) is 3.73. The number of carbonyl (C=O) groups is 2. The Kier molecular flexibility index (Phi) is 4.76. The first-order valence-corrected chi connectivity index (χ1v) is 3.73. The molecule has 0 radical (unpaired) electrons. The van der Waals surface area contributed by atoms with E-state index in [0.29, 0.717) is 6.08 Å². The molecule has 13 heavy (non-hydrogen) atoms. The van der Waals surface area contributed by atoms with Crippen molar-refractivity contribution >= 4 is 11.9 Å². The Morgan fingerprint density at radius 1 is 1.31 bits per heavy atom. The highest BCUT2D eigenvalue weighted by Crippen LogP contribution is 1.98. The van der Waals surface area contributed by atoms with Crippen LogP contribution in [-0.2, 0) is 14.3 Å². The Hall–Kier alpha value is -1.36. The van der Waals surface area contributed by atoms with Crippen molar-refractivity contribution in [2.24, 2.45) is 0 Å². The maximum absolute atomic E-state index is 10.8. The Labute approximate surface area is 75.6 Å². The van der Waals surface area contributed by atoms with Crippen LogP contribution < -0.4 is 0 Å². The second-order valence-electron chi connectivity index (χ2n) is 2.55. The Morgan fingerprint density at radius 3 is 2.23 bits per heavy atom. The van der Waals surface area contributed by atoms with Crippen LogP contribution in [0.2, 0.25) is 0 Å². The summed E-state index contributed by atoms with van der Waals surface area (Å²) in [6, 6.07) is 0. The molecule has 2 atom stereocenters. The number of rotatable bonds is 4. The molecule has 0 aromatic rings. The van der Waals surface area contributed by atoms with Crippen LogP contribution >= 0.6 is 0 Å². The summed E-state index contributed by atoms with van der Waals surface area (Å²) in [7, 11) is 0. The molecule has 5 heteroatoms. The van der Waals surface area contributed by atoms with E-state index < -0.39 is 24.1 Å². The molecule has 0 saturated carbocycles. The summed E-state index contributed by atoms with van der Waals surface area (Å²) in [4.78, 5) is 20.8. The quantitative estimate of drug-likeness (QED) is 0.477. The molecule has 0 bridgehead atoms. The minimum absolute atomic E-state index is 0.647. The third-order valence-electron chi connectivity index (χ3n) is 1.34. The summed E-state index contributed by atoms with van der Waals surface area (Å²) in [5.41, 5.74) is 0. The van der Waals surface area contributed by atoms with E-state index in [4.69, 9.17) is 10.2 Å². The first kappa shape index (κ1) is 11.6. The number of aliphatic hydroxyl groups is 1. The monoisotopic (exact) mass is 188 g/mol. The zero-order valence-electron chi connectivity index (χ0n) is 7.43. The van der Waals surface area contributed by atoms with Crippen LogP contribution in [0, 0.1) is 0 Å². The molecule has 0 aliphatic carbocycles. The molecule has 5 nitrogen and oxygen atoms in total. The zero-order valence-corrected chi connectivity index (χ0v) is 7.43. The molecular formula is C8H12O5. The highest BCUT2D eigenvalue weighted by molar-refractivity contribution is 5.90. The number of ether oxygens (including phenoxy) is 1. The summed E-state index contributed by atoms with van der Waals surface area (Å²) in [5.74, 6) is -2.00. The molecule has 74 valence electrons. The standard InChI is InChI=1S/C8H12O5/c1-5(9)6(2)13-8(12)4-3-7(10)11/h3-6,9H,1-2H3,(H,10,11). The van der Waals surface area contributed by atoms with E-state index in [1.54, 1.807) is 0 Å². The van der Waals surface area contributed by atoms with Gasteiger partial charge >= 0.3 is 11.9 Å². The summed E-state index contributed by atoms with van der Waals surface area (Å²) < 4.78 is 4.62. The van der Waals surface area contributed by atoms with Gasteiger partial charge in [-0.25, -0.2) is 9.59 Å². The van der Waals surface area contributed by atoms with Crippen molar-refractivity contribution in [3.63, 3.8) is 0 Å². The molecule has 0 aliphatic rings. The van der Waals surface area contributed by atoms with Crippen LogP contribution in [0.15, 0.2) is 12.2 Å². The van der Waals surface area contributed by atoms with Crippen molar-refractivity contribution in [2.75, 3.05) is 0 Å². The van der Waals surface area contributed by atoms with Crippen molar-refractivity contribution < 1.29 is 24.5 Å². The molecule has 0 aliphatic heterocycles. The van der Waals surface area contributed by atoms with Gasteiger partial charge in [0.05, 0.1) is 6.10 Å².